The summed E-state index contributed by atoms with van der Waals surface area (Å²) in [6.45, 7) is 3.79. The molecule has 0 bridgehead atoms. The molecule has 2 aromatic rings. The van der Waals surface area contributed by atoms with Gasteiger partial charge in [0.25, 0.3) is 0 Å². The number of benzene rings is 2. The lowest BCUT2D eigenvalue weighted by Crippen LogP contribution is -2.15. The molecule has 27 heavy (non-hydrogen) atoms. The first-order valence-corrected chi connectivity index (χ1v) is 8.51. The Morgan fingerprint density at radius 2 is 1.41 bits per heavy atom. The normalized spacial score (nSPS) is 10.4. The third-order valence-corrected chi connectivity index (χ3v) is 4.16. The van der Waals surface area contributed by atoms with E-state index < -0.39 is 5.97 Å². The summed E-state index contributed by atoms with van der Waals surface area (Å²) in [5, 5.41) is 0. The maximum Gasteiger partial charge on any atom is 0.342 e. The Morgan fingerprint density at radius 1 is 0.852 bits per heavy atom. The predicted octanol–water partition coefficient (Wildman–Crippen LogP) is 3.88. The highest BCUT2D eigenvalue weighted by Gasteiger charge is 2.20. The van der Waals surface area contributed by atoms with E-state index in [1.54, 1.807) is 12.1 Å². The molecule has 0 aromatic heterocycles. The van der Waals surface area contributed by atoms with E-state index in [0.717, 1.165) is 5.56 Å². The van der Waals surface area contributed by atoms with Gasteiger partial charge in [-0.1, -0.05) is 38.1 Å². The van der Waals surface area contributed by atoms with E-state index >= 15 is 0 Å². The van der Waals surface area contributed by atoms with Crippen molar-refractivity contribution >= 4 is 11.8 Å². The average Bonchev–Trinajstić information content (AvgIpc) is 2.70. The number of carbonyl (C=O) groups is 2. The molecule has 2 aromatic carbocycles. The van der Waals surface area contributed by atoms with E-state index in [4.69, 9.17) is 18.9 Å². The summed E-state index contributed by atoms with van der Waals surface area (Å²) >= 11 is 0. The van der Waals surface area contributed by atoms with Crippen molar-refractivity contribution in [1.29, 1.82) is 0 Å². The second-order valence-electron chi connectivity index (χ2n) is 6.18. The van der Waals surface area contributed by atoms with Crippen LogP contribution in [-0.4, -0.2) is 39.7 Å². The highest BCUT2D eigenvalue weighted by atomic mass is 16.5. The van der Waals surface area contributed by atoms with Crippen molar-refractivity contribution in [1.82, 2.24) is 0 Å². The van der Waals surface area contributed by atoms with Crippen molar-refractivity contribution in [2.75, 3.05) is 27.9 Å². The zero-order valence-corrected chi connectivity index (χ0v) is 16.2. The Kier molecular flexibility index (Phi) is 6.82. The van der Waals surface area contributed by atoms with Crippen molar-refractivity contribution in [2.45, 2.75) is 19.8 Å². The van der Waals surface area contributed by atoms with Crippen molar-refractivity contribution in [3.8, 4) is 17.2 Å². The Morgan fingerprint density at radius 3 is 1.93 bits per heavy atom. The highest BCUT2D eigenvalue weighted by Crippen LogP contribution is 2.34. The smallest absolute Gasteiger partial charge is 0.342 e. The molecule has 0 spiro atoms. The van der Waals surface area contributed by atoms with E-state index in [-0.39, 0.29) is 23.7 Å². The minimum Gasteiger partial charge on any atom is -0.496 e. The van der Waals surface area contributed by atoms with Crippen LogP contribution in [0.15, 0.2) is 36.4 Å². The molecule has 6 heteroatoms. The number of hydrogen-bond acceptors (Lipinski definition) is 6. The molecule has 144 valence electrons. The molecular formula is C21H24O6. The van der Waals surface area contributed by atoms with Gasteiger partial charge in [0, 0.05) is 17.7 Å². The fraction of sp³-hybridized carbons (Fsp3) is 0.333. The van der Waals surface area contributed by atoms with Crippen molar-refractivity contribution in [3.63, 3.8) is 0 Å². The second-order valence-corrected chi connectivity index (χ2v) is 6.18. The summed E-state index contributed by atoms with van der Waals surface area (Å²) in [5.74, 6) is 0.474. The van der Waals surface area contributed by atoms with E-state index in [1.807, 2.05) is 12.1 Å². The maximum atomic E-state index is 12.4. The second kappa shape index (κ2) is 9.07. The summed E-state index contributed by atoms with van der Waals surface area (Å²) in [7, 11) is 4.38. The van der Waals surface area contributed by atoms with Crippen LogP contribution in [-0.2, 0) is 4.74 Å². The van der Waals surface area contributed by atoms with E-state index in [2.05, 4.69) is 13.8 Å². The minimum atomic E-state index is -0.681. The zero-order valence-electron chi connectivity index (χ0n) is 16.2. The first-order chi connectivity index (χ1) is 12.9. The minimum absolute atomic E-state index is 0.151. The fourth-order valence-corrected chi connectivity index (χ4v) is 2.53. The number of Topliss-reactive ketones (excluding diaryl/α,β-unsaturated/α-hetero) is 1. The summed E-state index contributed by atoms with van der Waals surface area (Å²) < 4.78 is 20.8. The van der Waals surface area contributed by atoms with Gasteiger partial charge < -0.3 is 18.9 Å². The number of ether oxygens (including phenoxy) is 4. The standard InChI is InChI=1S/C21H24O6/c1-13(2)14-6-8-15(9-7-14)17(22)12-27-21(23)16-10-19(25-4)20(26-5)11-18(16)24-3/h6-11,13H,12H2,1-5H3. The molecule has 0 N–H and O–H groups in total. The summed E-state index contributed by atoms with van der Waals surface area (Å²) in [6.07, 6.45) is 0. The van der Waals surface area contributed by atoms with Gasteiger partial charge in [-0.15, -0.1) is 0 Å². The van der Waals surface area contributed by atoms with Gasteiger partial charge in [0.05, 0.1) is 21.3 Å². The van der Waals surface area contributed by atoms with Gasteiger partial charge >= 0.3 is 5.97 Å². The molecule has 0 saturated carbocycles. The fourth-order valence-electron chi connectivity index (χ4n) is 2.53. The molecule has 0 amide bonds. The maximum absolute atomic E-state index is 12.4. The topological polar surface area (TPSA) is 71.1 Å². The van der Waals surface area contributed by atoms with Crippen LogP contribution < -0.4 is 14.2 Å². The third kappa shape index (κ3) is 4.78. The van der Waals surface area contributed by atoms with Crippen LogP contribution in [0.4, 0.5) is 0 Å². The van der Waals surface area contributed by atoms with Gasteiger partial charge in [-0.2, -0.15) is 0 Å². The molecule has 0 aliphatic heterocycles. The molecule has 0 saturated heterocycles. The van der Waals surface area contributed by atoms with Gasteiger partial charge in [0.2, 0.25) is 0 Å². The van der Waals surface area contributed by atoms with Crippen LogP contribution in [0.2, 0.25) is 0 Å². The van der Waals surface area contributed by atoms with Crippen LogP contribution >= 0.6 is 0 Å². The largest absolute Gasteiger partial charge is 0.496 e. The van der Waals surface area contributed by atoms with Crippen molar-refractivity contribution < 1.29 is 28.5 Å². The molecule has 6 nitrogen and oxygen atoms in total. The first kappa shape index (κ1) is 20.3. The lowest BCUT2D eigenvalue weighted by Gasteiger charge is -2.13. The number of rotatable bonds is 8. The molecule has 0 radical (unpaired) electrons. The van der Waals surface area contributed by atoms with Crippen LogP contribution in [0.1, 0.15) is 46.0 Å². The SMILES string of the molecule is COc1cc(OC)c(C(=O)OCC(=O)c2ccc(C(C)C)cc2)cc1OC. The lowest BCUT2D eigenvalue weighted by atomic mass is 10.0. The quantitative estimate of drug-likeness (QED) is 0.517. The van der Waals surface area contributed by atoms with Gasteiger partial charge in [-0.25, -0.2) is 4.79 Å². The van der Waals surface area contributed by atoms with Gasteiger partial charge in [-0.05, 0) is 11.5 Å². The van der Waals surface area contributed by atoms with E-state index in [1.165, 1.54) is 33.5 Å². The summed E-state index contributed by atoms with van der Waals surface area (Å²) in [4.78, 5) is 24.7. The lowest BCUT2D eigenvalue weighted by molar-refractivity contribution is 0.0471. The van der Waals surface area contributed by atoms with E-state index in [0.29, 0.717) is 23.0 Å². The third-order valence-electron chi connectivity index (χ3n) is 4.16. The van der Waals surface area contributed by atoms with Crippen LogP contribution in [0.25, 0.3) is 0 Å². The Labute approximate surface area is 159 Å². The number of hydrogen-bond donors (Lipinski definition) is 0. The van der Waals surface area contributed by atoms with Crippen LogP contribution in [0, 0.1) is 0 Å². The summed E-state index contributed by atoms with van der Waals surface area (Å²) in [5.41, 5.74) is 1.78. The molecule has 0 heterocycles. The summed E-state index contributed by atoms with van der Waals surface area (Å²) in [6, 6.07) is 10.3. The average molecular weight is 372 g/mol. The number of ketones is 1. The number of esters is 1. The Bertz CT molecular complexity index is 808. The Balaban J connectivity index is 2.11. The Hall–Kier alpha value is -3.02. The molecular weight excluding hydrogens is 348 g/mol. The van der Waals surface area contributed by atoms with Gasteiger partial charge in [-0.3, -0.25) is 4.79 Å². The monoisotopic (exact) mass is 372 g/mol. The van der Waals surface area contributed by atoms with Crippen LogP contribution in [0.5, 0.6) is 17.2 Å². The van der Waals surface area contributed by atoms with Gasteiger partial charge in [0.15, 0.2) is 23.9 Å². The molecule has 0 fully saturated rings. The van der Waals surface area contributed by atoms with Gasteiger partial charge in [0.1, 0.15) is 11.3 Å². The number of methoxy groups -OCH3 is 3. The van der Waals surface area contributed by atoms with E-state index in [9.17, 15) is 9.59 Å². The zero-order chi connectivity index (χ0) is 20.0. The molecule has 2 rings (SSSR count). The first-order valence-electron chi connectivity index (χ1n) is 8.51. The predicted molar refractivity (Wildman–Crippen MR) is 101 cm³/mol. The van der Waals surface area contributed by atoms with Crippen molar-refractivity contribution in [3.05, 3.63) is 53.1 Å². The number of carbonyl (C=O) groups excluding carboxylic acids is 2. The molecule has 0 aliphatic carbocycles. The molecule has 0 atom stereocenters. The molecule has 0 unspecified atom stereocenters. The van der Waals surface area contributed by atoms with Crippen molar-refractivity contribution in [2.24, 2.45) is 0 Å². The highest BCUT2D eigenvalue weighted by molar-refractivity contribution is 6.00. The van der Waals surface area contributed by atoms with Crippen LogP contribution in [0.3, 0.4) is 0 Å². The molecule has 0 aliphatic rings.